The summed E-state index contributed by atoms with van der Waals surface area (Å²) in [4.78, 5) is 0. The fourth-order valence-electron chi connectivity index (χ4n) is 1.25. The molecule has 0 aliphatic heterocycles. The first kappa shape index (κ1) is 9.27. The van der Waals surface area contributed by atoms with Crippen molar-refractivity contribution >= 4 is 15.4 Å². The smallest absolute Gasteiger partial charge is 0.0715 e. The van der Waals surface area contributed by atoms with Gasteiger partial charge in [-0.2, -0.15) is 0 Å². The van der Waals surface area contributed by atoms with Crippen molar-refractivity contribution in [3.05, 3.63) is 41.5 Å². The van der Waals surface area contributed by atoms with Crippen molar-refractivity contribution in [2.75, 3.05) is 0 Å². The summed E-state index contributed by atoms with van der Waals surface area (Å²) in [5.74, 6) is 0. The molecule has 0 saturated heterocycles. The molecule has 0 heterocycles. The molecule has 3 radical (unpaired) electrons. The molecule has 61 valence electrons. The summed E-state index contributed by atoms with van der Waals surface area (Å²) in [5, 5.41) is 1.18. The van der Waals surface area contributed by atoms with Gasteiger partial charge in [0.2, 0.25) is 0 Å². The Labute approximate surface area is 77.7 Å². The van der Waals surface area contributed by atoms with E-state index >= 15 is 0 Å². The molecule has 0 saturated carbocycles. The first-order chi connectivity index (χ1) is 5.66. The first-order valence-electron chi connectivity index (χ1n) is 4.08. The van der Waals surface area contributed by atoms with Crippen LogP contribution in [0.3, 0.4) is 0 Å². The van der Waals surface area contributed by atoms with E-state index in [4.69, 9.17) is 0 Å². The second kappa shape index (κ2) is 3.72. The maximum Gasteiger partial charge on any atom is 0.0715 e. The highest BCUT2D eigenvalue weighted by Gasteiger charge is 2.00. The summed E-state index contributed by atoms with van der Waals surface area (Å²) in [6.45, 7) is 8.02. The Hall–Kier alpha value is -0.823. The number of benzene rings is 1. The van der Waals surface area contributed by atoms with Crippen LogP contribution in [0.25, 0.3) is 0 Å². The van der Waals surface area contributed by atoms with Gasteiger partial charge in [0.25, 0.3) is 0 Å². The fraction of sp³-hybridized carbons (Fsp3) is 0.273. The predicted molar refractivity (Wildman–Crippen MR) is 55.2 cm³/mol. The summed E-state index contributed by atoms with van der Waals surface area (Å²) < 4.78 is 0. The van der Waals surface area contributed by atoms with Gasteiger partial charge in [-0.1, -0.05) is 23.4 Å². The van der Waals surface area contributed by atoms with Crippen LogP contribution in [0, 0.1) is 13.8 Å². The first-order valence-corrected chi connectivity index (χ1v) is 4.58. The molecule has 0 amide bonds. The lowest BCUT2D eigenvalue weighted by molar-refractivity contribution is 1.19. The van der Waals surface area contributed by atoms with E-state index in [9.17, 15) is 0 Å². The zero-order chi connectivity index (χ0) is 9.14. The van der Waals surface area contributed by atoms with Crippen LogP contribution in [0.15, 0.2) is 24.8 Å². The highest BCUT2D eigenvalue weighted by atomic mass is 28.1. The van der Waals surface area contributed by atoms with Crippen molar-refractivity contribution in [2.24, 2.45) is 0 Å². The summed E-state index contributed by atoms with van der Waals surface area (Å²) in [6, 6.07) is 4.24. The van der Waals surface area contributed by atoms with E-state index in [0.29, 0.717) is 0 Å². The molecule has 0 bridgehead atoms. The molecule has 0 aliphatic rings. The summed E-state index contributed by atoms with van der Waals surface area (Å²) in [5.41, 5.74) is 4.05. The van der Waals surface area contributed by atoms with Crippen molar-refractivity contribution < 1.29 is 0 Å². The van der Waals surface area contributed by atoms with Crippen molar-refractivity contribution in [1.29, 1.82) is 0 Å². The van der Waals surface area contributed by atoms with Crippen LogP contribution in [0.4, 0.5) is 0 Å². The number of hydrogen-bond donors (Lipinski definition) is 0. The molecule has 0 unspecified atom stereocenters. The zero-order valence-electron chi connectivity index (χ0n) is 7.65. The molecular weight excluding hydrogens is 160 g/mol. The second-order valence-electron chi connectivity index (χ2n) is 3.02. The van der Waals surface area contributed by atoms with Gasteiger partial charge in [-0.25, -0.2) is 0 Å². The maximum absolute atomic E-state index is 3.74. The van der Waals surface area contributed by atoms with Gasteiger partial charge in [0.05, 0.1) is 10.2 Å². The molecule has 1 heteroatoms. The SMILES string of the molecule is C=CCc1ccc([Si])c(C)c1C. The molecule has 0 N–H and O–H groups in total. The maximum atomic E-state index is 3.74. The number of rotatable bonds is 2. The molecule has 1 aromatic rings. The van der Waals surface area contributed by atoms with Gasteiger partial charge in [0.15, 0.2) is 0 Å². The Bertz CT molecular complexity index is 300. The lowest BCUT2D eigenvalue weighted by atomic mass is 10.0. The van der Waals surface area contributed by atoms with Crippen molar-refractivity contribution in [2.45, 2.75) is 20.3 Å². The van der Waals surface area contributed by atoms with E-state index < -0.39 is 0 Å². The average Bonchev–Trinajstić information content (AvgIpc) is 2.07. The number of hydrogen-bond acceptors (Lipinski definition) is 0. The standard InChI is InChI=1S/C11H13Si/c1-4-5-10-6-7-11(12)9(3)8(10)2/h4,6-7H,1,5H2,2-3H3. The highest BCUT2D eigenvalue weighted by molar-refractivity contribution is 6.33. The zero-order valence-corrected chi connectivity index (χ0v) is 8.65. The lowest BCUT2D eigenvalue weighted by Gasteiger charge is -2.08. The minimum Gasteiger partial charge on any atom is -0.103 e. The third kappa shape index (κ3) is 1.67. The quantitative estimate of drug-likeness (QED) is 0.473. The molecule has 1 aromatic carbocycles. The van der Waals surface area contributed by atoms with E-state index in [1.165, 1.54) is 21.9 Å². The van der Waals surface area contributed by atoms with Gasteiger partial charge >= 0.3 is 0 Å². The van der Waals surface area contributed by atoms with Crippen molar-refractivity contribution in [3.63, 3.8) is 0 Å². The highest BCUT2D eigenvalue weighted by Crippen LogP contribution is 2.11. The molecular formula is C11H13Si. The van der Waals surface area contributed by atoms with E-state index in [2.05, 4.69) is 42.8 Å². The minimum atomic E-state index is 0.958. The third-order valence-electron chi connectivity index (χ3n) is 2.26. The van der Waals surface area contributed by atoms with Crippen LogP contribution >= 0.6 is 0 Å². The van der Waals surface area contributed by atoms with Crippen LogP contribution in [-0.2, 0) is 6.42 Å². The van der Waals surface area contributed by atoms with E-state index in [-0.39, 0.29) is 0 Å². The molecule has 0 atom stereocenters. The van der Waals surface area contributed by atoms with Gasteiger partial charge in [0, 0.05) is 0 Å². The molecule has 1 rings (SSSR count). The monoisotopic (exact) mass is 173 g/mol. The lowest BCUT2D eigenvalue weighted by Crippen LogP contribution is -2.10. The van der Waals surface area contributed by atoms with Gasteiger partial charge < -0.3 is 0 Å². The van der Waals surface area contributed by atoms with E-state index in [1.54, 1.807) is 0 Å². The fourth-order valence-corrected chi connectivity index (χ4v) is 1.52. The predicted octanol–water partition coefficient (Wildman–Crippen LogP) is 1.83. The van der Waals surface area contributed by atoms with Crippen LogP contribution in [0.5, 0.6) is 0 Å². The summed E-state index contributed by atoms with van der Waals surface area (Å²) in [7, 11) is 3.56. The molecule has 12 heavy (non-hydrogen) atoms. The Morgan fingerprint density at radius 2 is 2.00 bits per heavy atom. The van der Waals surface area contributed by atoms with Crippen LogP contribution in [0.1, 0.15) is 16.7 Å². The topological polar surface area (TPSA) is 0 Å². The Kier molecular flexibility index (Phi) is 2.87. The van der Waals surface area contributed by atoms with Crippen LogP contribution < -0.4 is 5.19 Å². The molecule has 0 spiro atoms. The summed E-state index contributed by atoms with van der Waals surface area (Å²) >= 11 is 0. The van der Waals surface area contributed by atoms with Gasteiger partial charge in [-0.05, 0) is 37.0 Å². The molecule has 0 nitrogen and oxygen atoms in total. The second-order valence-corrected chi connectivity index (χ2v) is 3.55. The van der Waals surface area contributed by atoms with Crippen molar-refractivity contribution in [3.8, 4) is 0 Å². The van der Waals surface area contributed by atoms with Crippen LogP contribution in [-0.4, -0.2) is 10.2 Å². The normalized spacial score (nSPS) is 9.92. The van der Waals surface area contributed by atoms with Crippen molar-refractivity contribution in [1.82, 2.24) is 0 Å². The number of allylic oxidation sites excluding steroid dienone is 1. The van der Waals surface area contributed by atoms with Gasteiger partial charge in [-0.3, -0.25) is 0 Å². The van der Waals surface area contributed by atoms with Gasteiger partial charge in [-0.15, -0.1) is 6.58 Å². The Balaban J connectivity index is 3.16. The molecule has 0 fully saturated rings. The minimum absolute atomic E-state index is 0.958. The summed E-state index contributed by atoms with van der Waals surface area (Å²) in [6.07, 6.45) is 2.90. The van der Waals surface area contributed by atoms with Crippen LogP contribution in [0.2, 0.25) is 0 Å². The van der Waals surface area contributed by atoms with E-state index in [0.717, 1.165) is 6.42 Å². The Morgan fingerprint density at radius 1 is 1.33 bits per heavy atom. The molecule has 0 aromatic heterocycles. The Morgan fingerprint density at radius 3 is 2.58 bits per heavy atom. The van der Waals surface area contributed by atoms with Gasteiger partial charge in [0.1, 0.15) is 0 Å². The largest absolute Gasteiger partial charge is 0.103 e. The third-order valence-corrected chi connectivity index (χ3v) is 2.81. The molecule has 0 aliphatic carbocycles. The van der Waals surface area contributed by atoms with E-state index in [1.807, 2.05) is 6.08 Å². The average molecular weight is 173 g/mol.